The Labute approximate surface area is 134 Å². The van der Waals surface area contributed by atoms with Gasteiger partial charge in [0.2, 0.25) is 0 Å². The number of hydrogen-bond donors (Lipinski definition) is 1. The minimum absolute atomic E-state index is 0.622. The van der Waals surface area contributed by atoms with Gasteiger partial charge in [0.15, 0.2) is 0 Å². The van der Waals surface area contributed by atoms with Gasteiger partial charge >= 0.3 is 0 Å². The van der Waals surface area contributed by atoms with Gasteiger partial charge in [-0.25, -0.2) is 0 Å². The molecular weight excluding hydrogens is 328 g/mol. The van der Waals surface area contributed by atoms with Crippen molar-refractivity contribution in [2.75, 3.05) is 6.54 Å². The molecule has 112 valence electrons. The molecule has 0 radical (unpaired) electrons. The molecule has 0 aliphatic heterocycles. The van der Waals surface area contributed by atoms with Crippen molar-refractivity contribution in [3.8, 4) is 11.5 Å². The molecule has 4 heteroatoms. The van der Waals surface area contributed by atoms with Crippen molar-refractivity contribution < 1.29 is 4.74 Å². The van der Waals surface area contributed by atoms with Gasteiger partial charge in [0.25, 0.3) is 0 Å². The van der Waals surface area contributed by atoms with Gasteiger partial charge in [0.1, 0.15) is 11.5 Å². The van der Waals surface area contributed by atoms with Gasteiger partial charge in [-0.15, -0.1) is 0 Å². The number of halogens is 1. The second kappa shape index (κ2) is 7.57. The molecule has 0 fully saturated rings. The fraction of sp³-hybridized carbons (Fsp3) is 0.353. The zero-order valence-electron chi connectivity index (χ0n) is 12.7. The lowest BCUT2D eigenvalue weighted by Gasteiger charge is -2.13. The predicted molar refractivity (Wildman–Crippen MR) is 89.7 cm³/mol. The van der Waals surface area contributed by atoms with E-state index in [9.17, 15) is 0 Å². The zero-order valence-corrected chi connectivity index (χ0v) is 14.3. The number of rotatable bonds is 6. The van der Waals surface area contributed by atoms with Crippen molar-refractivity contribution in [1.29, 1.82) is 0 Å². The third-order valence-electron chi connectivity index (χ3n) is 3.03. The summed E-state index contributed by atoms with van der Waals surface area (Å²) in [6.07, 6.45) is 3.61. The molecule has 1 aromatic carbocycles. The number of nitrogens with one attached hydrogen (secondary N) is 1. The summed E-state index contributed by atoms with van der Waals surface area (Å²) in [6, 6.07) is 7.97. The lowest BCUT2D eigenvalue weighted by molar-refractivity contribution is 0.465. The summed E-state index contributed by atoms with van der Waals surface area (Å²) in [4.78, 5) is 4.19. The van der Waals surface area contributed by atoms with Gasteiger partial charge in [-0.1, -0.05) is 19.9 Å². The van der Waals surface area contributed by atoms with Crippen LogP contribution in [0.3, 0.4) is 0 Å². The maximum atomic E-state index is 6.03. The largest absolute Gasteiger partial charge is 0.456 e. The van der Waals surface area contributed by atoms with Gasteiger partial charge < -0.3 is 10.1 Å². The highest BCUT2D eigenvalue weighted by Crippen LogP contribution is 2.31. The second-order valence-electron chi connectivity index (χ2n) is 5.54. The summed E-state index contributed by atoms with van der Waals surface area (Å²) in [5.41, 5.74) is 2.26. The fourth-order valence-corrected chi connectivity index (χ4v) is 2.52. The van der Waals surface area contributed by atoms with Crippen LogP contribution in [0.15, 0.2) is 41.1 Å². The number of pyridine rings is 1. The first-order chi connectivity index (χ1) is 10.1. The minimum atomic E-state index is 0.622. The van der Waals surface area contributed by atoms with Crippen molar-refractivity contribution in [1.82, 2.24) is 10.3 Å². The van der Waals surface area contributed by atoms with Crippen molar-refractivity contribution in [2.24, 2.45) is 5.92 Å². The Bertz CT molecular complexity index is 599. The van der Waals surface area contributed by atoms with Gasteiger partial charge in [-0.05, 0) is 59.1 Å². The van der Waals surface area contributed by atoms with Crippen LogP contribution in [0, 0.1) is 12.8 Å². The monoisotopic (exact) mass is 348 g/mol. The van der Waals surface area contributed by atoms with Crippen LogP contribution in [0.5, 0.6) is 11.5 Å². The molecule has 21 heavy (non-hydrogen) atoms. The minimum Gasteiger partial charge on any atom is -0.456 e. The fourth-order valence-electron chi connectivity index (χ4n) is 1.95. The maximum Gasteiger partial charge on any atom is 0.141 e. The van der Waals surface area contributed by atoms with Gasteiger partial charge in [0.05, 0.1) is 4.47 Å². The summed E-state index contributed by atoms with van der Waals surface area (Å²) in [5.74, 6) is 2.28. The van der Waals surface area contributed by atoms with Crippen LogP contribution in [0.2, 0.25) is 0 Å². The van der Waals surface area contributed by atoms with Crippen molar-refractivity contribution in [3.63, 3.8) is 0 Å². The van der Waals surface area contributed by atoms with E-state index in [1.807, 2.05) is 30.5 Å². The molecule has 1 N–H and O–H groups in total. The topological polar surface area (TPSA) is 34.1 Å². The Kier molecular flexibility index (Phi) is 5.76. The SMILES string of the molecule is Cc1ccc(Oc2ccncc2CNCC(C)C)c(Br)c1. The van der Waals surface area contributed by atoms with Gasteiger partial charge in [-0.2, -0.15) is 0 Å². The van der Waals surface area contributed by atoms with Crippen LogP contribution < -0.4 is 10.1 Å². The van der Waals surface area contributed by atoms with Gasteiger partial charge in [0, 0.05) is 24.5 Å². The highest BCUT2D eigenvalue weighted by atomic mass is 79.9. The summed E-state index contributed by atoms with van der Waals surface area (Å²) < 4.78 is 6.98. The number of benzene rings is 1. The van der Waals surface area contributed by atoms with E-state index >= 15 is 0 Å². The van der Waals surface area contributed by atoms with E-state index in [2.05, 4.69) is 47.0 Å². The number of aromatic nitrogens is 1. The molecule has 0 unspecified atom stereocenters. The number of nitrogens with zero attached hydrogens (tertiary/aromatic N) is 1. The molecule has 0 spiro atoms. The Morgan fingerprint density at radius 2 is 2.05 bits per heavy atom. The van der Waals surface area contributed by atoms with Crippen LogP contribution in [0.1, 0.15) is 25.0 Å². The van der Waals surface area contributed by atoms with E-state index in [0.29, 0.717) is 5.92 Å². The molecular formula is C17H21BrN2O. The van der Waals surface area contributed by atoms with E-state index < -0.39 is 0 Å². The predicted octanol–water partition coefficient (Wildman–Crippen LogP) is 4.69. The number of aryl methyl sites for hydroxylation is 1. The van der Waals surface area contributed by atoms with Crippen LogP contribution in [0.25, 0.3) is 0 Å². The van der Waals surface area contributed by atoms with E-state index in [4.69, 9.17) is 4.74 Å². The quantitative estimate of drug-likeness (QED) is 0.822. The van der Waals surface area contributed by atoms with E-state index in [-0.39, 0.29) is 0 Å². The molecule has 2 rings (SSSR count). The average Bonchev–Trinajstić information content (AvgIpc) is 2.43. The Balaban J connectivity index is 2.12. The molecule has 0 aliphatic rings. The highest BCUT2D eigenvalue weighted by Gasteiger charge is 2.08. The van der Waals surface area contributed by atoms with Crippen molar-refractivity contribution >= 4 is 15.9 Å². The van der Waals surface area contributed by atoms with E-state index in [1.54, 1.807) is 6.20 Å². The molecule has 0 saturated carbocycles. The van der Waals surface area contributed by atoms with Gasteiger partial charge in [-0.3, -0.25) is 4.98 Å². The molecule has 0 amide bonds. The lowest BCUT2D eigenvalue weighted by atomic mass is 10.2. The normalized spacial score (nSPS) is 10.9. The zero-order chi connectivity index (χ0) is 15.2. The molecule has 0 aliphatic carbocycles. The maximum absolute atomic E-state index is 6.03. The molecule has 3 nitrogen and oxygen atoms in total. The Morgan fingerprint density at radius 3 is 2.76 bits per heavy atom. The summed E-state index contributed by atoms with van der Waals surface area (Å²) in [7, 11) is 0. The first-order valence-electron chi connectivity index (χ1n) is 7.14. The first-order valence-corrected chi connectivity index (χ1v) is 7.93. The lowest BCUT2D eigenvalue weighted by Crippen LogP contribution is -2.19. The standard InChI is InChI=1S/C17H21BrN2O/c1-12(2)9-20-11-14-10-19-7-6-16(14)21-17-5-4-13(3)8-15(17)18/h4-8,10,12,20H,9,11H2,1-3H3. The number of ether oxygens (including phenoxy) is 1. The molecule has 0 saturated heterocycles. The second-order valence-corrected chi connectivity index (χ2v) is 6.40. The number of hydrogen-bond acceptors (Lipinski definition) is 3. The third kappa shape index (κ3) is 4.83. The summed E-state index contributed by atoms with van der Waals surface area (Å²) in [6.45, 7) is 8.17. The smallest absolute Gasteiger partial charge is 0.141 e. The van der Waals surface area contributed by atoms with E-state index in [1.165, 1.54) is 5.56 Å². The van der Waals surface area contributed by atoms with Crippen molar-refractivity contribution in [2.45, 2.75) is 27.3 Å². The molecule has 0 atom stereocenters. The molecule has 1 heterocycles. The summed E-state index contributed by atoms with van der Waals surface area (Å²) >= 11 is 3.54. The van der Waals surface area contributed by atoms with Crippen LogP contribution in [0.4, 0.5) is 0 Å². The molecule has 0 bridgehead atoms. The third-order valence-corrected chi connectivity index (χ3v) is 3.65. The van der Waals surface area contributed by atoms with E-state index in [0.717, 1.165) is 34.6 Å². The van der Waals surface area contributed by atoms with Crippen LogP contribution in [-0.4, -0.2) is 11.5 Å². The Hall–Kier alpha value is -1.39. The molecule has 2 aromatic rings. The Morgan fingerprint density at radius 1 is 1.24 bits per heavy atom. The van der Waals surface area contributed by atoms with Crippen molar-refractivity contribution in [3.05, 3.63) is 52.3 Å². The average molecular weight is 349 g/mol. The molecule has 1 aromatic heterocycles. The van der Waals surface area contributed by atoms with Crippen LogP contribution in [-0.2, 0) is 6.54 Å². The first kappa shape index (κ1) is 16.0. The highest BCUT2D eigenvalue weighted by molar-refractivity contribution is 9.10. The summed E-state index contributed by atoms with van der Waals surface area (Å²) in [5, 5.41) is 3.42. The van der Waals surface area contributed by atoms with Crippen LogP contribution >= 0.6 is 15.9 Å².